The van der Waals surface area contributed by atoms with Gasteiger partial charge in [0.05, 0.1) is 12.1 Å². The van der Waals surface area contributed by atoms with Crippen LogP contribution >= 0.6 is 11.6 Å². The smallest absolute Gasteiger partial charge is 0.375 e. The molecule has 0 spiro atoms. The maximum atomic E-state index is 13.5. The lowest BCUT2D eigenvalue weighted by atomic mass is 9.56. The SMILES string of the molecule is C[C@@H]1C[C@H]2C3=C(C=C[C@]2(C)[C@@]1(OC(=O)c1ccco1)C(=O)CCl)[C@@]1(C)C=CC(=O)C=C1CC3. The monoisotopic (exact) mass is 466 g/mol. The summed E-state index contributed by atoms with van der Waals surface area (Å²) >= 11 is 6.10. The van der Waals surface area contributed by atoms with Crippen molar-refractivity contribution in [1.29, 1.82) is 0 Å². The number of carbonyl (C=O) groups excluding carboxylic acids is 3. The molecule has 5 rings (SSSR count). The number of Topliss-reactive ketones (excluding diaryl/α,β-unsaturated/α-hetero) is 1. The van der Waals surface area contributed by atoms with Gasteiger partial charge in [-0.2, -0.15) is 0 Å². The van der Waals surface area contributed by atoms with Crippen molar-refractivity contribution in [1.82, 2.24) is 0 Å². The van der Waals surface area contributed by atoms with Crippen LogP contribution in [0.25, 0.3) is 0 Å². The molecule has 5 atom stereocenters. The minimum atomic E-state index is -1.40. The zero-order valence-electron chi connectivity index (χ0n) is 19.0. The van der Waals surface area contributed by atoms with E-state index in [1.54, 1.807) is 18.2 Å². The van der Waals surface area contributed by atoms with Gasteiger partial charge in [-0.05, 0) is 62.0 Å². The van der Waals surface area contributed by atoms with E-state index in [-0.39, 0.29) is 40.5 Å². The molecule has 1 aromatic rings. The fourth-order valence-electron chi connectivity index (χ4n) is 6.79. The van der Waals surface area contributed by atoms with Gasteiger partial charge in [-0.3, -0.25) is 9.59 Å². The maximum Gasteiger partial charge on any atom is 0.375 e. The molecule has 172 valence electrons. The molecule has 6 heteroatoms. The summed E-state index contributed by atoms with van der Waals surface area (Å²) in [5, 5.41) is 0. The molecule has 33 heavy (non-hydrogen) atoms. The lowest BCUT2D eigenvalue weighted by Crippen LogP contribution is -2.58. The number of rotatable bonds is 4. The number of carbonyl (C=O) groups is 3. The third-order valence-corrected chi connectivity index (χ3v) is 8.71. The van der Waals surface area contributed by atoms with Crippen LogP contribution in [0.4, 0.5) is 0 Å². The molecule has 0 bridgehead atoms. The molecule has 1 fully saturated rings. The minimum absolute atomic E-state index is 0.0217. The van der Waals surface area contributed by atoms with Crippen LogP contribution < -0.4 is 0 Å². The fourth-order valence-corrected chi connectivity index (χ4v) is 6.99. The first-order chi connectivity index (χ1) is 15.7. The first-order valence-electron chi connectivity index (χ1n) is 11.4. The Kier molecular flexibility index (Phi) is 4.98. The lowest BCUT2D eigenvalue weighted by molar-refractivity contribution is -0.150. The van der Waals surface area contributed by atoms with Crippen molar-refractivity contribution in [2.24, 2.45) is 22.7 Å². The Hall–Kier alpha value is -2.66. The lowest BCUT2D eigenvalue weighted by Gasteiger charge is -2.49. The molecular weight excluding hydrogens is 440 g/mol. The summed E-state index contributed by atoms with van der Waals surface area (Å²) in [5.41, 5.74) is 1.11. The zero-order valence-corrected chi connectivity index (χ0v) is 19.8. The highest BCUT2D eigenvalue weighted by Gasteiger charge is 2.68. The highest BCUT2D eigenvalue weighted by Crippen LogP contribution is 2.65. The molecule has 4 aliphatic carbocycles. The Morgan fingerprint density at radius 3 is 2.70 bits per heavy atom. The van der Waals surface area contributed by atoms with Crippen molar-refractivity contribution in [3.8, 4) is 0 Å². The normalized spacial score (nSPS) is 36.7. The van der Waals surface area contributed by atoms with Crippen molar-refractivity contribution in [3.05, 3.63) is 71.3 Å². The Balaban J connectivity index is 1.61. The number of alkyl halides is 1. The number of ketones is 2. The zero-order chi connectivity index (χ0) is 23.6. The van der Waals surface area contributed by atoms with Crippen molar-refractivity contribution < 1.29 is 23.5 Å². The van der Waals surface area contributed by atoms with Crippen LogP contribution in [0.15, 0.2) is 69.9 Å². The standard InChI is InChI=1S/C27H27ClO5/c1-16-13-21-19-7-6-17-14-18(29)8-10-25(17,2)20(19)9-11-26(21,3)27(16,23(30)15-28)33-24(31)22-5-4-12-32-22/h4-5,8-12,14,16,21H,6-7,13,15H2,1-3H3/t16-,21+,25+,26+,27+/m1/s1. The molecule has 0 saturated heterocycles. The highest BCUT2D eigenvalue weighted by atomic mass is 35.5. The number of fused-ring (bicyclic) bond motifs is 4. The molecule has 1 aromatic heterocycles. The highest BCUT2D eigenvalue weighted by molar-refractivity contribution is 6.29. The summed E-state index contributed by atoms with van der Waals surface area (Å²) in [7, 11) is 0. The Morgan fingerprint density at radius 1 is 1.21 bits per heavy atom. The van der Waals surface area contributed by atoms with Crippen LogP contribution in [-0.4, -0.2) is 29.0 Å². The van der Waals surface area contributed by atoms with Crippen LogP contribution in [0.1, 0.15) is 50.6 Å². The summed E-state index contributed by atoms with van der Waals surface area (Å²) in [5.74, 6) is -1.31. The van der Waals surface area contributed by atoms with Gasteiger partial charge in [-0.1, -0.05) is 43.2 Å². The molecule has 1 heterocycles. The van der Waals surface area contributed by atoms with Crippen molar-refractivity contribution >= 4 is 29.1 Å². The molecule has 0 N–H and O–H groups in total. The molecule has 0 amide bonds. The number of hydrogen-bond donors (Lipinski definition) is 0. The Morgan fingerprint density at radius 2 is 2.00 bits per heavy atom. The van der Waals surface area contributed by atoms with E-state index in [4.69, 9.17) is 20.8 Å². The molecule has 0 aromatic carbocycles. The predicted octanol–water partition coefficient (Wildman–Crippen LogP) is 5.38. The van der Waals surface area contributed by atoms with E-state index in [9.17, 15) is 14.4 Å². The summed E-state index contributed by atoms with van der Waals surface area (Å²) in [6.45, 7) is 6.12. The van der Waals surface area contributed by atoms with E-state index in [0.717, 1.165) is 18.4 Å². The summed E-state index contributed by atoms with van der Waals surface area (Å²) in [6.07, 6.45) is 13.2. The van der Waals surface area contributed by atoms with Crippen molar-refractivity contribution in [2.45, 2.75) is 45.6 Å². The summed E-state index contributed by atoms with van der Waals surface area (Å²) < 4.78 is 11.3. The van der Waals surface area contributed by atoms with Crippen LogP contribution in [0, 0.1) is 22.7 Å². The molecule has 1 saturated carbocycles. The first kappa shape index (κ1) is 22.1. The van der Waals surface area contributed by atoms with Gasteiger partial charge < -0.3 is 9.15 Å². The third-order valence-electron chi connectivity index (χ3n) is 8.47. The van der Waals surface area contributed by atoms with E-state index >= 15 is 0 Å². The van der Waals surface area contributed by atoms with Gasteiger partial charge in [0, 0.05) is 16.7 Å². The number of furan rings is 1. The average molecular weight is 467 g/mol. The van der Waals surface area contributed by atoms with Crippen LogP contribution in [-0.2, 0) is 14.3 Å². The molecule has 0 radical (unpaired) electrons. The van der Waals surface area contributed by atoms with Gasteiger partial charge in [0.1, 0.15) is 0 Å². The van der Waals surface area contributed by atoms with Gasteiger partial charge in [-0.25, -0.2) is 4.79 Å². The van der Waals surface area contributed by atoms with E-state index in [1.165, 1.54) is 23.5 Å². The number of esters is 1. The second-order valence-electron chi connectivity index (χ2n) is 10.0. The topological polar surface area (TPSA) is 73.6 Å². The Bertz CT molecular complexity index is 1170. The third kappa shape index (κ3) is 2.87. The number of hydrogen-bond acceptors (Lipinski definition) is 5. The van der Waals surface area contributed by atoms with Gasteiger partial charge >= 0.3 is 5.97 Å². The molecule has 4 aliphatic rings. The van der Waals surface area contributed by atoms with Crippen LogP contribution in [0.3, 0.4) is 0 Å². The number of allylic oxidation sites excluding steroid dienone is 7. The summed E-state index contributed by atoms with van der Waals surface area (Å²) in [4.78, 5) is 38.4. The second-order valence-corrected chi connectivity index (χ2v) is 10.3. The number of halogens is 1. The minimum Gasteiger partial charge on any atom is -0.457 e. The average Bonchev–Trinajstić information content (AvgIpc) is 3.40. The van der Waals surface area contributed by atoms with Crippen LogP contribution in [0.2, 0.25) is 0 Å². The fraction of sp³-hybridized carbons (Fsp3) is 0.444. The predicted molar refractivity (Wildman–Crippen MR) is 124 cm³/mol. The quantitative estimate of drug-likeness (QED) is 0.440. The Labute approximate surface area is 198 Å². The van der Waals surface area contributed by atoms with Crippen molar-refractivity contribution in [2.75, 3.05) is 5.88 Å². The molecule has 0 unspecified atom stereocenters. The largest absolute Gasteiger partial charge is 0.457 e. The van der Waals surface area contributed by atoms with E-state index < -0.39 is 17.0 Å². The van der Waals surface area contributed by atoms with Gasteiger partial charge in [0.2, 0.25) is 5.76 Å². The van der Waals surface area contributed by atoms with Crippen molar-refractivity contribution in [3.63, 3.8) is 0 Å². The van der Waals surface area contributed by atoms with Gasteiger partial charge in [-0.15, -0.1) is 11.6 Å². The maximum absolute atomic E-state index is 13.5. The second kappa shape index (κ2) is 7.42. The van der Waals surface area contributed by atoms with Gasteiger partial charge in [0.15, 0.2) is 17.2 Å². The summed E-state index contributed by atoms with van der Waals surface area (Å²) in [6, 6.07) is 3.15. The molecule has 0 aliphatic heterocycles. The molecule has 5 nitrogen and oxygen atoms in total. The van der Waals surface area contributed by atoms with Crippen LogP contribution in [0.5, 0.6) is 0 Å². The molecular formula is C27H27ClO5. The van der Waals surface area contributed by atoms with E-state index in [2.05, 4.69) is 13.0 Å². The first-order valence-corrected chi connectivity index (χ1v) is 11.9. The van der Waals surface area contributed by atoms with E-state index in [1.807, 2.05) is 26.0 Å². The van der Waals surface area contributed by atoms with E-state index in [0.29, 0.717) is 6.42 Å². The van der Waals surface area contributed by atoms with Gasteiger partial charge in [0.25, 0.3) is 0 Å². The number of ether oxygens (including phenoxy) is 1.